The molecule has 3 aromatic rings. The number of benzene rings is 2. The van der Waals surface area contributed by atoms with E-state index >= 15 is 0 Å². The number of ether oxygens (including phenoxy) is 1. The van der Waals surface area contributed by atoms with Crippen molar-refractivity contribution in [1.29, 1.82) is 0 Å². The molecular weight excluding hydrogens is 412 g/mol. The number of hydrogen-bond donors (Lipinski definition) is 0. The molecule has 1 aliphatic heterocycles. The van der Waals surface area contributed by atoms with Gasteiger partial charge in [-0.15, -0.1) is 11.8 Å². The first-order valence-corrected chi connectivity index (χ1v) is 11.6. The summed E-state index contributed by atoms with van der Waals surface area (Å²) in [5.74, 6) is -0.0500. The Morgan fingerprint density at radius 2 is 2.11 bits per heavy atom. The maximum absolute atomic E-state index is 13.4. The van der Waals surface area contributed by atoms with Gasteiger partial charge in [-0.2, -0.15) is 0 Å². The van der Waals surface area contributed by atoms with E-state index in [9.17, 15) is 4.79 Å². The summed E-state index contributed by atoms with van der Waals surface area (Å²) in [5.41, 5.74) is 2.45. The van der Waals surface area contributed by atoms with E-state index in [1.54, 1.807) is 16.7 Å². The number of hydrogen-bond acceptors (Lipinski definition) is 5. The highest BCUT2D eigenvalue weighted by Gasteiger charge is 2.27. The normalized spacial score (nSPS) is 16.6. The zero-order valence-electron chi connectivity index (χ0n) is 15.8. The zero-order chi connectivity index (χ0) is 19.7. The van der Waals surface area contributed by atoms with E-state index < -0.39 is 0 Å². The lowest BCUT2D eigenvalue weighted by Gasteiger charge is -2.23. The quantitative estimate of drug-likeness (QED) is 0.477. The van der Waals surface area contributed by atoms with Gasteiger partial charge in [0.1, 0.15) is 0 Å². The maximum Gasteiger partial charge on any atom is 0.260 e. The van der Waals surface area contributed by atoms with Crippen molar-refractivity contribution in [3.8, 4) is 0 Å². The van der Waals surface area contributed by atoms with Gasteiger partial charge >= 0.3 is 0 Å². The molecule has 0 bridgehead atoms. The molecule has 4 nitrogen and oxygen atoms in total. The fourth-order valence-electron chi connectivity index (χ4n) is 3.33. The minimum Gasteiger partial charge on any atom is -0.376 e. The summed E-state index contributed by atoms with van der Waals surface area (Å²) in [5, 5.41) is 1.38. The summed E-state index contributed by atoms with van der Waals surface area (Å²) in [6, 6.07) is 11.6. The first kappa shape index (κ1) is 19.7. The Labute approximate surface area is 177 Å². The molecule has 2 aromatic carbocycles. The highest BCUT2D eigenvalue weighted by molar-refractivity contribution is 7.98. The van der Waals surface area contributed by atoms with Crippen molar-refractivity contribution in [2.24, 2.45) is 0 Å². The monoisotopic (exact) mass is 432 g/mol. The van der Waals surface area contributed by atoms with Gasteiger partial charge in [-0.1, -0.05) is 22.9 Å². The molecule has 7 heteroatoms. The number of carbonyl (C=O) groups excluding carboxylic acids is 1. The second-order valence-corrected chi connectivity index (χ2v) is 9.09. The Morgan fingerprint density at radius 1 is 1.32 bits per heavy atom. The van der Waals surface area contributed by atoms with Gasteiger partial charge in [0.25, 0.3) is 5.91 Å². The molecule has 1 atom stereocenters. The van der Waals surface area contributed by atoms with Gasteiger partial charge in [0, 0.05) is 22.1 Å². The average molecular weight is 433 g/mol. The van der Waals surface area contributed by atoms with Gasteiger partial charge in [0.05, 0.1) is 22.9 Å². The summed E-state index contributed by atoms with van der Waals surface area (Å²) >= 11 is 9.44. The highest BCUT2D eigenvalue weighted by atomic mass is 35.5. The van der Waals surface area contributed by atoms with Crippen LogP contribution in [0.5, 0.6) is 0 Å². The van der Waals surface area contributed by atoms with Crippen LogP contribution in [0.2, 0.25) is 5.02 Å². The Balaban J connectivity index is 1.72. The van der Waals surface area contributed by atoms with Crippen molar-refractivity contribution in [2.45, 2.75) is 30.8 Å². The molecule has 28 heavy (non-hydrogen) atoms. The molecule has 0 aliphatic carbocycles. The number of carbonyl (C=O) groups is 1. The minimum absolute atomic E-state index is 0.0473. The SMILES string of the molecule is CSc1ccc(C(=O)N(CC2CCCO2)c2nc3c(C)c(Cl)ccc3s2)cc1. The summed E-state index contributed by atoms with van der Waals surface area (Å²) < 4.78 is 6.83. The number of nitrogens with zero attached hydrogens (tertiary/aromatic N) is 2. The molecule has 0 saturated carbocycles. The first-order valence-electron chi connectivity index (χ1n) is 9.20. The lowest BCUT2D eigenvalue weighted by molar-refractivity contribution is 0.0917. The van der Waals surface area contributed by atoms with Gasteiger partial charge in [0.15, 0.2) is 5.13 Å². The molecule has 0 spiro atoms. The van der Waals surface area contributed by atoms with Crippen LogP contribution in [0.1, 0.15) is 28.8 Å². The fourth-order valence-corrected chi connectivity index (χ4v) is 4.93. The molecule has 0 radical (unpaired) electrons. The van der Waals surface area contributed by atoms with Gasteiger partial charge in [0.2, 0.25) is 0 Å². The first-order chi connectivity index (χ1) is 13.6. The van der Waals surface area contributed by atoms with Crippen molar-refractivity contribution in [1.82, 2.24) is 4.98 Å². The standard InChI is InChI=1S/C21H21ClN2O2S2/c1-13-17(22)9-10-18-19(13)23-21(28-18)24(12-15-4-3-11-26-15)20(25)14-5-7-16(27-2)8-6-14/h5-10,15H,3-4,11-12H2,1-2H3. The summed E-state index contributed by atoms with van der Waals surface area (Å²) in [4.78, 5) is 21.0. The third-order valence-electron chi connectivity index (χ3n) is 4.96. The molecule has 1 fully saturated rings. The van der Waals surface area contributed by atoms with Crippen molar-refractivity contribution < 1.29 is 9.53 Å². The van der Waals surface area contributed by atoms with Crippen molar-refractivity contribution in [3.63, 3.8) is 0 Å². The second-order valence-electron chi connectivity index (χ2n) is 6.79. The van der Waals surface area contributed by atoms with E-state index in [2.05, 4.69) is 0 Å². The topological polar surface area (TPSA) is 42.4 Å². The number of thioether (sulfide) groups is 1. The van der Waals surface area contributed by atoms with E-state index in [0.29, 0.717) is 22.3 Å². The van der Waals surface area contributed by atoms with Crippen LogP contribution in [-0.4, -0.2) is 36.4 Å². The lowest BCUT2D eigenvalue weighted by atomic mass is 10.2. The molecule has 1 amide bonds. The van der Waals surface area contributed by atoms with E-state index in [1.165, 1.54) is 11.3 Å². The van der Waals surface area contributed by atoms with Crippen LogP contribution < -0.4 is 4.90 Å². The lowest BCUT2D eigenvalue weighted by Crippen LogP contribution is -2.37. The van der Waals surface area contributed by atoms with E-state index in [0.717, 1.165) is 40.1 Å². The summed E-state index contributed by atoms with van der Waals surface area (Å²) in [7, 11) is 0. The van der Waals surface area contributed by atoms with Gasteiger partial charge in [-0.3, -0.25) is 9.69 Å². The Hall–Kier alpha value is -1.60. The number of fused-ring (bicyclic) bond motifs is 1. The smallest absolute Gasteiger partial charge is 0.260 e. The van der Waals surface area contributed by atoms with Crippen molar-refractivity contribution in [3.05, 3.63) is 52.5 Å². The van der Waals surface area contributed by atoms with Crippen LogP contribution in [0, 0.1) is 6.92 Å². The average Bonchev–Trinajstić information content (AvgIpc) is 3.38. The maximum atomic E-state index is 13.4. The molecule has 1 aromatic heterocycles. The fraction of sp³-hybridized carbons (Fsp3) is 0.333. The molecular formula is C21H21ClN2O2S2. The molecule has 1 aliphatic rings. The molecule has 0 N–H and O–H groups in total. The zero-order valence-corrected chi connectivity index (χ0v) is 18.2. The third kappa shape index (κ3) is 3.92. The number of halogens is 1. The molecule has 1 saturated heterocycles. The van der Waals surface area contributed by atoms with Crippen LogP contribution in [0.15, 0.2) is 41.3 Å². The third-order valence-corrected chi connectivity index (χ3v) is 7.16. The van der Waals surface area contributed by atoms with Gasteiger partial charge < -0.3 is 4.74 Å². The van der Waals surface area contributed by atoms with Crippen LogP contribution in [0.25, 0.3) is 10.2 Å². The van der Waals surface area contributed by atoms with Crippen LogP contribution in [-0.2, 0) is 4.74 Å². The minimum atomic E-state index is -0.0500. The Bertz CT molecular complexity index is 998. The second kappa shape index (κ2) is 8.41. The molecule has 4 rings (SSSR count). The Morgan fingerprint density at radius 3 is 2.79 bits per heavy atom. The van der Waals surface area contributed by atoms with Crippen molar-refractivity contribution in [2.75, 3.05) is 24.3 Å². The predicted octanol–water partition coefficient (Wildman–Crippen LogP) is 5.81. The van der Waals surface area contributed by atoms with E-state index in [1.807, 2.05) is 49.6 Å². The highest BCUT2D eigenvalue weighted by Crippen LogP contribution is 2.34. The van der Waals surface area contributed by atoms with Crippen molar-refractivity contribution >= 4 is 56.0 Å². The van der Waals surface area contributed by atoms with Gasteiger partial charge in [-0.25, -0.2) is 4.98 Å². The number of anilines is 1. The number of aryl methyl sites for hydroxylation is 1. The number of amides is 1. The van der Waals surface area contributed by atoms with E-state index in [4.69, 9.17) is 21.3 Å². The van der Waals surface area contributed by atoms with Crippen LogP contribution in [0.3, 0.4) is 0 Å². The van der Waals surface area contributed by atoms with E-state index in [-0.39, 0.29) is 12.0 Å². The number of thiazole rings is 1. The van der Waals surface area contributed by atoms with Gasteiger partial charge in [-0.05, 0) is 68.0 Å². The molecule has 146 valence electrons. The largest absolute Gasteiger partial charge is 0.376 e. The Kier molecular flexibility index (Phi) is 5.92. The number of rotatable bonds is 5. The summed E-state index contributed by atoms with van der Waals surface area (Å²) in [6.07, 6.45) is 4.06. The van der Waals surface area contributed by atoms with Crippen LogP contribution in [0.4, 0.5) is 5.13 Å². The summed E-state index contributed by atoms with van der Waals surface area (Å²) in [6.45, 7) is 3.22. The predicted molar refractivity (Wildman–Crippen MR) is 118 cm³/mol. The number of aromatic nitrogens is 1. The molecule has 2 heterocycles. The van der Waals surface area contributed by atoms with Crippen LogP contribution >= 0.6 is 34.7 Å². The molecule has 1 unspecified atom stereocenters.